The van der Waals surface area contributed by atoms with Crippen molar-refractivity contribution >= 4 is 28.2 Å². The fourth-order valence-corrected chi connectivity index (χ4v) is 4.36. The normalized spacial score (nSPS) is 13.8. The lowest BCUT2D eigenvalue weighted by Crippen LogP contribution is -2.02. The molecule has 1 aromatic carbocycles. The van der Waals surface area contributed by atoms with Gasteiger partial charge in [0.1, 0.15) is 0 Å². The Labute approximate surface area is 160 Å². The number of nitrogens with one attached hydrogen (secondary N) is 1. The van der Waals surface area contributed by atoms with Crippen LogP contribution in [0.5, 0.6) is 0 Å². The summed E-state index contributed by atoms with van der Waals surface area (Å²) in [5.41, 5.74) is 1.00. The highest BCUT2D eigenvalue weighted by molar-refractivity contribution is 8.01. The fraction of sp³-hybridized carbons (Fsp3) is 0.471. The topological polar surface area (TPSA) is 81.4 Å². The summed E-state index contributed by atoms with van der Waals surface area (Å²) in [5, 5.41) is 25.5. The molecule has 26 heavy (non-hydrogen) atoms. The van der Waals surface area contributed by atoms with E-state index in [1.165, 1.54) is 12.8 Å². The number of thioether (sulfide) groups is 1. The van der Waals surface area contributed by atoms with Crippen molar-refractivity contribution in [1.29, 1.82) is 0 Å². The molecule has 1 N–H and O–H groups in total. The van der Waals surface area contributed by atoms with E-state index in [-0.39, 0.29) is 0 Å². The summed E-state index contributed by atoms with van der Waals surface area (Å²) >= 11 is 3.45. The number of rotatable bonds is 10. The molecule has 1 aliphatic carbocycles. The Morgan fingerprint density at radius 1 is 1.08 bits per heavy atom. The molecule has 9 heteroatoms. The predicted molar refractivity (Wildman–Crippen MR) is 104 cm³/mol. The Bertz CT molecular complexity index is 813. The first-order valence-electron chi connectivity index (χ1n) is 8.93. The SMILES string of the molecule is c1ccc(-c2nnn(CCCCCSc3nnc(NC4CC4)s3)n2)cc1. The molecule has 0 bridgehead atoms. The number of aromatic nitrogens is 6. The average molecular weight is 388 g/mol. The van der Waals surface area contributed by atoms with Crippen molar-refractivity contribution in [3.63, 3.8) is 0 Å². The summed E-state index contributed by atoms with van der Waals surface area (Å²) in [4.78, 5) is 1.69. The second-order valence-corrected chi connectivity index (χ2v) is 8.60. The molecule has 3 aromatic rings. The molecule has 7 nitrogen and oxygen atoms in total. The van der Waals surface area contributed by atoms with E-state index in [1.54, 1.807) is 27.9 Å². The van der Waals surface area contributed by atoms with Crippen LogP contribution in [0.2, 0.25) is 0 Å². The number of aryl methyl sites for hydroxylation is 1. The van der Waals surface area contributed by atoms with Gasteiger partial charge in [-0.2, -0.15) is 4.80 Å². The highest BCUT2D eigenvalue weighted by Crippen LogP contribution is 2.30. The van der Waals surface area contributed by atoms with E-state index in [0.717, 1.165) is 46.6 Å². The highest BCUT2D eigenvalue weighted by Gasteiger charge is 2.22. The Morgan fingerprint density at radius 3 is 2.81 bits per heavy atom. The molecule has 0 atom stereocenters. The van der Waals surface area contributed by atoms with Crippen molar-refractivity contribution in [2.45, 2.75) is 49.0 Å². The minimum atomic E-state index is 0.633. The van der Waals surface area contributed by atoms with Gasteiger partial charge in [0, 0.05) is 17.4 Å². The zero-order chi connectivity index (χ0) is 17.6. The third-order valence-electron chi connectivity index (χ3n) is 4.02. The first-order chi connectivity index (χ1) is 12.9. The molecule has 0 radical (unpaired) electrons. The monoisotopic (exact) mass is 387 g/mol. The lowest BCUT2D eigenvalue weighted by atomic mass is 10.2. The van der Waals surface area contributed by atoms with Crippen LogP contribution < -0.4 is 5.32 Å². The lowest BCUT2D eigenvalue weighted by molar-refractivity contribution is 0.487. The lowest BCUT2D eigenvalue weighted by Gasteiger charge is -1.99. The maximum Gasteiger partial charge on any atom is 0.206 e. The van der Waals surface area contributed by atoms with E-state index >= 15 is 0 Å². The van der Waals surface area contributed by atoms with Crippen molar-refractivity contribution in [2.24, 2.45) is 0 Å². The molecule has 136 valence electrons. The first-order valence-corrected chi connectivity index (χ1v) is 10.7. The summed E-state index contributed by atoms with van der Waals surface area (Å²) in [6.45, 7) is 0.804. The summed E-state index contributed by atoms with van der Waals surface area (Å²) in [5.74, 6) is 1.76. The van der Waals surface area contributed by atoms with Crippen molar-refractivity contribution in [3.05, 3.63) is 30.3 Å². The zero-order valence-electron chi connectivity index (χ0n) is 14.4. The van der Waals surface area contributed by atoms with Gasteiger partial charge in [-0.25, -0.2) is 0 Å². The second kappa shape index (κ2) is 8.59. The van der Waals surface area contributed by atoms with E-state index in [9.17, 15) is 0 Å². The van der Waals surface area contributed by atoms with E-state index < -0.39 is 0 Å². The van der Waals surface area contributed by atoms with Gasteiger partial charge in [0.15, 0.2) is 4.34 Å². The Hall–Kier alpha value is -2.00. The summed E-state index contributed by atoms with van der Waals surface area (Å²) in [6, 6.07) is 10.6. The first kappa shape index (κ1) is 17.4. The van der Waals surface area contributed by atoms with Gasteiger partial charge < -0.3 is 5.32 Å². The third kappa shape index (κ3) is 5.01. The number of anilines is 1. The number of tetrazole rings is 1. The summed E-state index contributed by atoms with van der Waals surface area (Å²) < 4.78 is 1.05. The Morgan fingerprint density at radius 2 is 1.96 bits per heavy atom. The van der Waals surface area contributed by atoms with Crippen LogP contribution in [0.15, 0.2) is 34.7 Å². The van der Waals surface area contributed by atoms with Crippen LogP contribution in [-0.2, 0) is 6.54 Å². The van der Waals surface area contributed by atoms with Gasteiger partial charge in [0.25, 0.3) is 0 Å². The molecule has 1 fully saturated rings. The Balaban J connectivity index is 1.12. The highest BCUT2D eigenvalue weighted by atomic mass is 32.2. The largest absolute Gasteiger partial charge is 0.357 e. The summed E-state index contributed by atoms with van der Waals surface area (Å²) in [6.07, 6.45) is 5.86. The van der Waals surface area contributed by atoms with Crippen LogP contribution in [0.1, 0.15) is 32.1 Å². The molecular weight excluding hydrogens is 366 g/mol. The van der Waals surface area contributed by atoms with Crippen molar-refractivity contribution in [1.82, 2.24) is 30.4 Å². The molecule has 2 heterocycles. The van der Waals surface area contributed by atoms with Crippen LogP contribution in [0.25, 0.3) is 11.4 Å². The smallest absolute Gasteiger partial charge is 0.206 e. The van der Waals surface area contributed by atoms with E-state index in [2.05, 4.69) is 30.9 Å². The van der Waals surface area contributed by atoms with Crippen LogP contribution in [0.3, 0.4) is 0 Å². The molecule has 0 unspecified atom stereocenters. The van der Waals surface area contributed by atoms with Crippen LogP contribution in [0, 0.1) is 0 Å². The fourth-order valence-electron chi connectivity index (χ4n) is 2.46. The third-order valence-corrected chi connectivity index (χ3v) is 6.10. The molecule has 1 aliphatic rings. The zero-order valence-corrected chi connectivity index (χ0v) is 16.0. The molecule has 0 spiro atoms. The quantitative estimate of drug-likeness (QED) is 0.419. The average Bonchev–Trinajstić information content (AvgIpc) is 3.17. The maximum absolute atomic E-state index is 4.44. The van der Waals surface area contributed by atoms with Crippen molar-refractivity contribution in [3.8, 4) is 11.4 Å². The van der Waals surface area contributed by atoms with Gasteiger partial charge in [0.05, 0.1) is 6.54 Å². The summed E-state index contributed by atoms with van der Waals surface area (Å²) in [7, 11) is 0. The minimum absolute atomic E-state index is 0.633. The number of unbranched alkanes of at least 4 members (excludes halogenated alkanes) is 2. The van der Waals surface area contributed by atoms with Crippen LogP contribution in [0.4, 0.5) is 5.13 Å². The Kier molecular flexibility index (Phi) is 5.75. The van der Waals surface area contributed by atoms with Crippen LogP contribution >= 0.6 is 23.1 Å². The maximum atomic E-state index is 4.44. The van der Waals surface area contributed by atoms with E-state index in [0.29, 0.717) is 11.9 Å². The van der Waals surface area contributed by atoms with E-state index in [1.807, 2.05) is 30.3 Å². The number of hydrogen-bond acceptors (Lipinski definition) is 8. The van der Waals surface area contributed by atoms with Gasteiger partial charge in [-0.3, -0.25) is 0 Å². The molecular formula is C17H21N7S2. The molecule has 4 rings (SSSR count). The van der Waals surface area contributed by atoms with Gasteiger partial charge in [0.2, 0.25) is 11.0 Å². The van der Waals surface area contributed by atoms with Gasteiger partial charge in [-0.15, -0.1) is 20.4 Å². The van der Waals surface area contributed by atoms with Crippen molar-refractivity contribution in [2.75, 3.05) is 11.1 Å². The van der Waals surface area contributed by atoms with Crippen LogP contribution in [-0.4, -0.2) is 42.2 Å². The number of hydrogen-bond donors (Lipinski definition) is 1. The molecule has 0 saturated heterocycles. The van der Waals surface area contributed by atoms with E-state index in [4.69, 9.17) is 0 Å². The standard InChI is InChI=1S/C17H21N7S2/c1-3-7-13(8-4-1)15-19-23-24(22-15)11-5-2-6-12-25-17-21-20-16(26-17)18-14-9-10-14/h1,3-4,7-8,14H,2,5-6,9-12H2,(H,18,20). The molecule has 2 aromatic heterocycles. The molecule has 0 aliphatic heterocycles. The van der Waals surface area contributed by atoms with Gasteiger partial charge >= 0.3 is 0 Å². The van der Waals surface area contributed by atoms with Crippen molar-refractivity contribution < 1.29 is 0 Å². The molecule has 0 amide bonds. The second-order valence-electron chi connectivity index (χ2n) is 6.28. The number of nitrogens with zero attached hydrogens (tertiary/aromatic N) is 6. The molecule has 1 saturated carbocycles. The minimum Gasteiger partial charge on any atom is -0.357 e. The predicted octanol–water partition coefficient (Wildman–Crippen LogP) is 3.73. The van der Waals surface area contributed by atoms with Gasteiger partial charge in [-0.1, -0.05) is 59.9 Å². The number of benzene rings is 1. The van der Waals surface area contributed by atoms with Gasteiger partial charge in [-0.05, 0) is 30.9 Å².